The van der Waals surface area contributed by atoms with Crippen molar-refractivity contribution in [1.82, 2.24) is 24.5 Å². The number of hydrogen-bond acceptors (Lipinski definition) is 8. The minimum Gasteiger partial charge on any atom is -0.373 e. The van der Waals surface area contributed by atoms with Crippen LogP contribution in [-0.2, 0) is 21.0 Å². The monoisotopic (exact) mass is 435 g/mol. The summed E-state index contributed by atoms with van der Waals surface area (Å²) in [5.74, 6) is 5.32. The maximum atomic E-state index is 12.4. The van der Waals surface area contributed by atoms with Gasteiger partial charge in [0.05, 0.1) is 6.42 Å². The van der Waals surface area contributed by atoms with Gasteiger partial charge < -0.3 is 15.1 Å². The zero-order chi connectivity index (χ0) is 22.5. The molecule has 1 amide bonds. The molecule has 0 bridgehead atoms. The second kappa shape index (κ2) is 9.78. The molecule has 3 N–H and O–H groups in total. The van der Waals surface area contributed by atoms with Crippen LogP contribution in [0.2, 0.25) is 0 Å². The van der Waals surface area contributed by atoms with Crippen LogP contribution >= 0.6 is 0 Å². The third-order valence-electron chi connectivity index (χ3n) is 5.80. The van der Waals surface area contributed by atoms with Gasteiger partial charge in [-0.3, -0.25) is 14.6 Å². The summed E-state index contributed by atoms with van der Waals surface area (Å²) < 4.78 is 1.82. The molecule has 3 aromatic rings. The number of fused-ring (bicyclic) bond motifs is 1. The number of carbonyl (C=O) groups is 2. The molecule has 0 radical (unpaired) electrons. The first-order valence-electron chi connectivity index (χ1n) is 10.7. The minimum absolute atomic E-state index is 0.0000615. The summed E-state index contributed by atoms with van der Waals surface area (Å²) in [5.41, 5.74) is 3.91. The van der Waals surface area contributed by atoms with E-state index >= 15 is 0 Å². The number of nitrogens with zero attached hydrogens (tertiary/aromatic N) is 5. The number of piperidine rings is 1. The lowest BCUT2D eigenvalue weighted by Gasteiger charge is -2.32. The van der Waals surface area contributed by atoms with Crippen molar-refractivity contribution < 1.29 is 14.4 Å². The van der Waals surface area contributed by atoms with Crippen LogP contribution in [0.1, 0.15) is 42.9 Å². The summed E-state index contributed by atoms with van der Waals surface area (Å²) >= 11 is 0. The lowest BCUT2D eigenvalue weighted by atomic mass is 9.92. The topological polar surface area (TPSA) is 128 Å². The predicted molar refractivity (Wildman–Crippen MR) is 121 cm³/mol. The van der Waals surface area contributed by atoms with Crippen molar-refractivity contribution in [1.29, 1.82) is 0 Å². The van der Waals surface area contributed by atoms with E-state index < -0.39 is 5.97 Å². The van der Waals surface area contributed by atoms with Crippen molar-refractivity contribution in [3.05, 3.63) is 48.0 Å². The molecule has 166 valence electrons. The number of nitrogens with two attached hydrogens (primary N) is 1. The highest BCUT2D eigenvalue weighted by Gasteiger charge is 2.26. The molecule has 0 spiro atoms. The Labute approximate surface area is 186 Å². The van der Waals surface area contributed by atoms with Crippen molar-refractivity contribution in [2.45, 2.75) is 38.1 Å². The fourth-order valence-electron chi connectivity index (χ4n) is 3.97. The van der Waals surface area contributed by atoms with E-state index in [9.17, 15) is 9.59 Å². The van der Waals surface area contributed by atoms with Crippen LogP contribution < -0.4 is 16.7 Å². The molecule has 3 aromatic heterocycles. The van der Waals surface area contributed by atoms with Gasteiger partial charge in [-0.1, -0.05) is 6.07 Å². The Bertz CT molecular complexity index is 1100. The maximum absolute atomic E-state index is 12.4. The van der Waals surface area contributed by atoms with E-state index in [2.05, 4.69) is 26.3 Å². The average molecular weight is 435 g/mol. The first-order valence-corrected chi connectivity index (χ1v) is 10.7. The lowest BCUT2D eigenvalue weighted by molar-refractivity contribution is -0.146. The van der Waals surface area contributed by atoms with Gasteiger partial charge in [-0.25, -0.2) is 4.98 Å². The normalized spacial score (nSPS) is 14.5. The molecule has 10 nitrogen and oxygen atoms in total. The molecule has 4 heterocycles. The van der Waals surface area contributed by atoms with Crippen LogP contribution in [0, 0.1) is 0 Å². The molecule has 0 aliphatic carbocycles. The van der Waals surface area contributed by atoms with Crippen molar-refractivity contribution in [3.63, 3.8) is 0 Å². The Kier molecular flexibility index (Phi) is 6.65. The van der Waals surface area contributed by atoms with Crippen molar-refractivity contribution in [3.8, 4) is 0 Å². The molecular formula is C21H26BN7O3. The van der Waals surface area contributed by atoms with E-state index in [1.165, 1.54) is 0 Å². The number of aromatic nitrogens is 4. The Hall–Kier alpha value is -3.47. The molecule has 32 heavy (non-hydrogen) atoms. The molecule has 0 unspecified atom stereocenters. The zero-order valence-corrected chi connectivity index (χ0v) is 18.0. The van der Waals surface area contributed by atoms with Gasteiger partial charge in [-0.15, -0.1) is 0 Å². The van der Waals surface area contributed by atoms with Crippen LogP contribution in [0.4, 0.5) is 5.82 Å². The highest BCUT2D eigenvalue weighted by Crippen LogP contribution is 2.29. The van der Waals surface area contributed by atoms with E-state index in [4.69, 9.17) is 10.9 Å². The molecule has 1 saturated heterocycles. The van der Waals surface area contributed by atoms with Gasteiger partial charge in [-0.2, -0.15) is 15.5 Å². The van der Waals surface area contributed by atoms with Crippen LogP contribution in [0.15, 0.2) is 36.8 Å². The minimum atomic E-state index is -0.576. The second-order valence-electron chi connectivity index (χ2n) is 7.99. The van der Waals surface area contributed by atoms with Crippen molar-refractivity contribution >= 4 is 36.7 Å². The predicted octanol–water partition coefficient (Wildman–Crippen LogP) is -0.102. The largest absolute Gasteiger partial charge is 0.373 e. The number of anilines is 1. The van der Waals surface area contributed by atoms with Crippen LogP contribution in [-0.4, -0.2) is 57.3 Å². The van der Waals surface area contributed by atoms with E-state index in [1.54, 1.807) is 11.1 Å². The molecule has 4 rings (SSSR count). The zero-order valence-electron chi connectivity index (χ0n) is 18.0. The molecule has 11 heteroatoms. The van der Waals surface area contributed by atoms with Gasteiger partial charge >= 0.3 is 5.97 Å². The third-order valence-corrected chi connectivity index (χ3v) is 5.80. The molecule has 1 aliphatic heterocycles. The van der Waals surface area contributed by atoms with Crippen molar-refractivity contribution in [2.75, 3.05) is 18.4 Å². The van der Waals surface area contributed by atoms with E-state index in [1.807, 2.05) is 36.9 Å². The lowest BCUT2D eigenvalue weighted by Crippen LogP contribution is -2.38. The number of carbonyl (C=O) groups excluding carboxylic acids is 2. The highest BCUT2D eigenvalue weighted by molar-refractivity contribution is 6.36. The summed E-state index contributed by atoms with van der Waals surface area (Å²) in [6.07, 6.45) is 7.14. The first kappa shape index (κ1) is 21.8. The molecule has 1 fully saturated rings. The summed E-state index contributed by atoms with van der Waals surface area (Å²) in [7, 11) is 2.00. The van der Waals surface area contributed by atoms with Gasteiger partial charge in [-0.05, 0) is 29.9 Å². The van der Waals surface area contributed by atoms with E-state index in [0.29, 0.717) is 19.6 Å². The Morgan fingerprint density at radius 3 is 2.78 bits per heavy atom. The van der Waals surface area contributed by atoms with E-state index in [0.717, 1.165) is 41.0 Å². The fourth-order valence-corrected chi connectivity index (χ4v) is 3.97. The molecule has 0 atom stereocenters. The first-order chi connectivity index (χ1) is 15.5. The number of hydrogen-bond donors (Lipinski definition) is 2. The molecular weight excluding hydrogens is 409 g/mol. The molecule has 0 saturated carbocycles. The van der Waals surface area contributed by atoms with Gasteiger partial charge in [0.1, 0.15) is 13.7 Å². The summed E-state index contributed by atoms with van der Waals surface area (Å²) in [6, 6.07) is 5.99. The quantitative estimate of drug-likeness (QED) is 0.389. The van der Waals surface area contributed by atoms with Gasteiger partial charge in [0.2, 0.25) is 5.91 Å². The molecule has 0 aromatic carbocycles. The van der Waals surface area contributed by atoms with Crippen LogP contribution in [0.25, 0.3) is 5.65 Å². The number of nitrogens with one attached hydrogen (secondary N) is 1. The van der Waals surface area contributed by atoms with Gasteiger partial charge in [0, 0.05) is 62.3 Å². The Morgan fingerprint density at radius 1 is 1.25 bits per heavy atom. The fraction of sp³-hybridized carbons (Fsp3) is 0.381. The maximum Gasteiger partial charge on any atom is 0.324 e. The van der Waals surface area contributed by atoms with E-state index in [-0.39, 0.29) is 24.7 Å². The number of amides is 1. The third kappa shape index (κ3) is 4.88. The molecule has 1 aliphatic rings. The smallest absolute Gasteiger partial charge is 0.324 e. The average Bonchev–Trinajstić information content (AvgIpc) is 3.22. The van der Waals surface area contributed by atoms with Gasteiger partial charge in [0.15, 0.2) is 5.65 Å². The standard InChI is InChI=1S/C21H26BN7O3/c22-16-13-26-29-18(25-12-14-2-1-7-24-11-14)10-17(27-21(16)29)15-5-8-28(9-6-15)19(30)3-4-20(31)32-23/h1-2,7,10-11,13,15,25H,3-6,8-9,12,22-23H2. The number of rotatable bonds is 7. The summed E-state index contributed by atoms with van der Waals surface area (Å²) in [5, 5.41) is 7.93. The summed E-state index contributed by atoms with van der Waals surface area (Å²) in [4.78, 5) is 38.5. The number of pyridine rings is 1. The SMILES string of the molecule is Bc1cnn2c(NCc3cccnc3)cc(C3CCN(C(=O)CCC(=O)ON)CC3)nc12. The summed E-state index contributed by atoms with van der Waals surface area (Å²) in [6.45, 7) is 1.89. The Morgan fingerprint density at radius 2 is 2.06 bits per heavy atom. The Balaban J connectivity index is 1.45. The van der Waals surface area contributed by atoms with Crippen LogP contribution in [0.3, 0.4) is 0 Å². The highest BCUT2D eigenvalue weighted by atomic mass is 16.7. The van der Waals surface area contributed by atoms with Crippen LogP contribution in [0.5, 0.6) is 0 Å². The number of likely N-dealkylation sites (tertiary alicyclic amines) is 1. The van der Waals surface area contributed by atoms with Crippen molar-refractivity contribution in [2.24, 2.45) is 5.90 Å². The second-order valence-corrected chi connectivity index (χ2v) is 7.99. The van der Waals surface area contributed by atoms with Gasteiger partial charge in [0.25, 0.3) is 0 Å².